The van der Waals surface area contributed by atoms with Crippen LogP contribution < -0.4 is 15.4 Å². The van der Waals surface area contributed by atoms with Gasteiger partial charge < -0.3 is 14.2 Å². The number of hydrogen-bond acceptors (Lipinski definition) is 8. The number of amides is 1. The lowest BCUT2D eigenvalue weighted by Crippen LogP contribution is -2.48. The maximum atomic E-state index is 13.5. The highest BCUT2D eigenvalue weighted by atomic mass is 32.2. The number of benzene rings is 1. The van der Waals surface area contributed by atoms with Gasteiger partial charge in [0.1, 0.15) is 33.3 Å². The van der Waals surface area contributed by atoms with Crippen LogP contribution in [0, 0.1) is 24.1 Å². The summed E-state index contributed by atoms with van der Waals surface area (Å²) >= 11 is 6.72. The summed E-state index contributed by atoms with van der Waals surface area (Å²) in [5.41, 5.74) is 1.87. The molecule has 0 saturated carbocycles. The molecule has 0 unspecified atom stereocenters. The molecule has 0 aliphatic carbocycles. The van der Waals surface area contributed by atoms with Crippen LogP contribution in [0.3, 0.4) is 0 Å². The quantitative estimate of drug-likeness (QED) is 0.290. The van der Waals surface area contributed by atoms with Crippen molar-refractivity contribution in [1.82, 2.24) is 9.47 Å². The van der Waals surface area contributed by atoms with Crippen molar-refractivity contribution >= 4 is 51.8 Å². The minimum Gasteiger partial charge on any atom is -0.467 e. The molecule has 8 nitrogen and oxygen atoms in total. The Morgan fingerprint density at radius 2 is 1.82 bits per heavy atom. The van der Waals surface area contributed by atoms with E-state index < -0.39 is 0 Å². The van der Waals surface area contributed by atoms with Gasteiger partial charge in [-0.15, -0.1) is 0 Å². The van der Waals surface area contributed by atoms with E-state index in [1.165, 1.54) is 28.8 Å². The molecule has 4 heterocycles. The number of halogens is 1. The first-order chi connectivity index (χ1) is 19.3. The van der Waals surface area contributed by atoms with Gasteiger partial charge in [-0.2, -0.15) is 5.26 Å². The van der Waals surface area contributed by atoms with Crippen LogP contribution in [0.15, 0.2) is 56.8 Å². The van der Waals surface area contributed by atoms with Gasteiger partial charge >= 0.3 is 0 Å². The number of nitrogens with zero attached hydrogens (tertiary/aromatic N) is 5. The van der Waals surface area contributed by atoms with E-state index in [1.54, 1.807) is 48.1 Å². The number of pyridine rings is 1. The van der Waals surface area contributed by atoms with Gasteiger partial charge in [-0.25, -0.2) is 4.39 Å². The third-order valence-electron chi connectivity index (χ3n) is 7.11. The fourth-order valence-corrected chi connectivity index (χ4v) is 6.31. The fourth-order valence-electron chi connectivity index (χ4n) is 5.07. The van der Waals surface area contributed by atoms with Gasteiger partial charge in [0, 0.05) is 44.0 Å². The van der Waals surface area contributed by atoms with E-state index in [2.05, 4.69) is 15.9 Å². The molecule has 2 aromatic heterocycles. The maximum absolute atomic E-state index is 13.5. The molecule has 11 heteroatoms. The predicted molar refractivity (Wildman–Crippen MR) is 159 cm³/mol. The summed E-state index contributed by atoms with van der Waals surface area (Å²) < 4.78 is 20.9. The lowest BCUT2D eigenvalue weighted by atomic mass is 10.0. The topological polar surface area (TPSA) is 85.7 Å². The lowest BCUT2D eigenvalue weighted by molar-refractivity contribution is -0.122. The van der Waals surface area contributed by atoms with Crippen molar-refractivity contribution in [3.8, 4) is 6.07 Å². The number of anilines is 2. The van der Waals surface area contributed by atoms with Crippen LogP contribution in [0.1, 0.15) is 35.8 Å². The summed E-state index contributed by atoms with van der Waals surface area (Å²) in [7, 11) is 0. The van der Waals surface area contributed by atoms with Crippen LogP contribution in [0.5, 0.6) is 0 Å². The number of furan rings is 1. The molecule has 3 aromatic rings. The van der Waals surface area contributed by atoms with Crippen LogP contribution in [0.25, 0.3) is 6.08 Å². The van der Waals surface area contributed by atoms with E-state index >= 15 is 0 Å². The Bertz CT molecular complexity index is 1570. The van der Waals surface area contributed by atoms with E-state index in [-0.39, 0.29) is 29.4 Å². The number of piperazine rings is 1. The van der Waals surface area contributed by atoms with E-state index in [1.807, 2.05) is 6.92 Å². The normalized spacial score (nSPS) is 16.8. The second kappa shape index (κ2) is 11.7. The Morgan fingerprint density at radius 3 is 2.45 bits per heavy atom. The van der Waals surface area contributed by atoms with Gasteiger partial charge in [-0.1, -0.05) is 30.9 Å². The molecule has 0 atom stereocenters. The fraction of sp³-hybridized carbons (Fsp3) is 0.310. The molecular weight excluding hydrogens is 549 g/mol. The Labute approximate surface area is 241 Å². The van der Waals surface area contributed by atoms with Crippen LogP contribution in [0.2, 0.25) is 0 Å². The van der Waals surface area contributed by atoms with E-state index in [9.17, 15) is 19.2 Å². The number of nitriles is 1. The summed E-state index contributed by atoms with van der Waals surface area (Å²) in [4.78, 5) is 33.1. The third kappa shape index (κ3) is 5.29. The molecule has 5 rings (SSSR count). The summed E-state index contributed by atoms with van der Waals surface area (Å²) in [6.45, 7) is 6.92. The number of carbonyl (C=O) groups is 1. The molecule has 0 bridgehead atoms. The van der Waals surface area contributed by atoms with Crippen molar-refractivity contribution in [2.24, 2.45) is 0 Å². The Balaban J connectivity index is 1.54. The van der Waals surface area contributed by atoms with Crippen LogP contribution in [0.4, 0.5) is 15.9 Å². The smallest absolute Gasteiger partial charge is 0.270 e. The first-order valence-corrected chi connectivity index (χ1v) is 14.3. The van der Waals surface area contributed by atoms with Crippen molar-refractivity contribution in [3.05, 3.63) is 86.2 Å². The molecule has 206 valence electrons. The molecular formula is C29H28FN5O3S2. The molecule has 2 fully saturated rings. The second-order valence-electron chi connectivity index (χ2n) is 9.60. The SMILES string of the molecule is CCCn1c(N2CCN(c3ccc(F)cc3)CC2)c(/C=C2\SC(=S)N(Cc3ccco3)C2=O)c(C)c(C#N)c1=O. The molecule has 2 saturated heterocycles. The van der Waals surface area contributed by atoms with Gasteiger partial charge in [0.05, 0.1) is 17.7 Å². The van der Waals surface area contributed by atoms with Crippen LogP contribution >= 0.6 is 24.0 Å². The Hall–Kier alpha value is -3.88. The van der Waals surface area contributed by atoms with Gasteiger partial charge in [0.25, 0.3) is 11.5 Å². The van der Waals surface area contributed by atoms with Crippen molar-refractivity contribution in [3.63, 3.8) is 0 Å². The number of hydrogen-bond donors (Lipinski definition) is 0. The van der Waals surface area contributed by atoms with Gasteiger partial charge in [-0.05, 0) is 61.4 Å². The van der Waals surface area contributed by atoms with E-state index in [0.29, 0.717) is 71.1 Å². The van der Waals surface area contributed by atoms with Crippen LogP contribution in [-0.4, -0.2) is 45.9 Å². The van der Waals surface area contributed by atoms with Gasteiger partial charge in [0.2, 0.25) is 0 Å². The van der Waals surface area contributed by atoms with Crippen molar-refractivity contribution in [2.75, 3.05) is 36.0 Å². The average Bonchev–Trinajstić information content (AvgIpc) is 3.56. The number of aromatic nitrogens is 1. The zero-order valence-electron chi connectivity index (χ0n) is 22.2. The summed E-state index contributed by atoms with van der Waals surface area (Å²) in [5, 5.41) is 9.90. The summed E-state index contributed by atoms with van der Waals surface area (Å²) in [6.07, 6.45) is 4.01. The van der Waals surface area contributed by atoms with Crippen molar-refractivity contribution in [1.29, 1.82) is 5.26 Å². The Kier molecular flexibility index (Phi) is 8.09. The molecule has 1 amide bonds. The minimum atomic E-state index is -0.333. The highest BCUT2D eigenvalue weighted by Gasteiger charge is 2.34. The molecule has 0 radical (unpaired) electrons. The molecule has 0 spiro atoms. The van der Waals surface area contributed by atoms with Crippen LogP contribution in [-0.2, 0) is 17.9 Å². The standard InChI is InChI=1S/C29H28FN5O3S2/c1-3-10-34-26(33-13-11-32(12-14-33)21-8-6-20(30)7-9-21)23(19(2)24(17-31)27(34)36)16-25-28(37)35(29(39)40-25)18-22-5-4-15-38-22/h4-9,15-16H,3,10-14,18H2,1-2H3/b25-16-. The van der Waals surface area contributed by atoms with E-state index in [0.717, 1.165) is 5.69 Å². The lowest BCUT2D eigenvalue weighted by Gasteiger charge is -2.39. The highest BCUT2D eigenvalue weighted by molar-refractivity contribution is 8.26. The molecule has 1 aromatic carbocycles. The van der Waals surface area contributed by atoms with Crippen molar-refractivity contribution in [2.45, 2.75) is 33.4 Å². The van der Waals surface area contributed by atoms with Gasteiger partial charge in [0.15, 0.2) is 0 Å². The largest absolute Gasteiger partial charge is 0.467 e. The minimum absolute atomic E-state index is 0.0689. The summed E-state index contributed by atoms with van der Waals surface area (Å²) in [6, 6.07) is 12.1. The molecule has 2 aliphatic heterocycles. The second-order valence-corrected chi connectivity index (χ2v) is 11.3. The van der Waals surface area contributed by atoms with Crippen molar-refractivity contribution < 1.29 is 13.6 Å². The Morgan fingerprint density at radius 1 is 1.12 bits per heavy atom. The monoisotopic (exact) mass is 577 g/mol. The number of thioether (sulfide) groups is 1. The zero-order valence-corrected chi connectivity index (χ0v) is 23.9. The molecule has 2 aliphatic rings. The highest BCUT2D eigenvalue weighted by Crippen LogP contribution is 2.37. The van der Waals surface area contributed by atoms with E-state index in [4.69, 9.17) is 16.6 Å². The molecule has 40 heavy (non-hydrogen) atoms. The first-order valence-electron chi connectivity index (χ1n) is 13.0. The number of carbonyl (C=O) groups excluding carboxylic acids is 1. The number of thiocarbonyl (C=S) groups is 1. The van der Waals surface area contributed by atoms with Gasteiger partial charge in [-0.3, -0.25) is 19.1 Å². The summed E-state index contributed by atoms with van der Waals surface area (Å²) in [5.74, 6) is 0.790. The first kappa shape index (κ1) is 27.7. The maximum Gasteiger partial charge on any atom is 0.270 e. The third-order valence-corrected chi connectivity index (χ3v) is 8.49. The number of rotatable bonds is 7. The zero-order chi connectivity index (χ0) is 28.4. The predicted octanol–water partition coefficient (Wildman–Crippen LogP) is 4.90. The average molecular weight is 578 g/mol. The molecule has 0 N–H and O–H groups in total.